The third-order valence-corrected chi connectivity index (χ3v) is 5.40. The number of aromatic nitrogens is 2. The van der Waals surface area contributed by atoms with E-state index in [1.165, 1.54) is 14.8 Å². The lowest BCUT2D eigenvalue weighted by molar-refractivity contribution is 0.496. The molecule has 0 saturated carbocycles. The molecule has 0 aliphatic carbocycles. The second kappa shape index (κ2) is 5.91. The van der Waals surface area contributed by atoms with Crippen molar-refractivity contribution in [2.75, 3.05) is 0 Å². The molecule has 0 radical (unpaired) electrons. The lowest BCUT2D eigenvalue weighted by Gasteiger charge is -2.17. The van der Waals surface area contributed by atoms with Gasteiger partial charge in [0.15, 0.2) is 0 Å². The average Bonchev–Trinajstić information content (AvgIpc) is 2.96. The Morgan fingerprint density at radius 1 is 1.28 bits per heavy atom. The van der Waals surface area contributed by atoms with Gasteiger partial charge in [-0.05, 0) is 27.2 Å². The molecule has 2 rings (SSSR count). The van der Waals surface area contributed by atoms with Crippen molar-refractivity contribution in [3.05, 3.63) is 32.2 Å². The zero-order chi connectivity index (χ0) is 13.1. The number of thiazole rings is 2. The van der Waals surface area contributed by atoms with Gasteiger partial charge in [0, 0.05) is 22.0 Å². The summed E-state index contributed by atoms with van der Waals surface area (Å²) in [5.74, 6) is 0. The van der Waals surface area contributed by atoms with E-state index in [-0.39, 0.29) is 6.04 Å². The van der Waals surface area contributed by atoms with Crippen LogP contribution < -0.4 is 5.32 Å². The van der Waals surface area contributed by atoms with E-state index >= 15 is 0 Å². The van der Waals surface area contributed by atoms with Gasteiger partial charge in [0.2, 0.25) is 0 Å². The molecule has 2 atom stereocenters. The fourth-order valence-electron chi connectivity index (χ4n) is 1.93. The molecule has 5 heteroatoms. The fourth-order valence-corrected chi connectivity index (χ4v) is 3.62. The highest BCUT2D eigenvalue weighted by Crippen LogP contribution is 2.26. The first-order valence-electron chi connectivity index (χ1n) is 6.22. The van der Waals surface area contributed by atoms with E-state index in [4.69, 9.17) is 0 Å². The second-order valence-electron chi connectivity index (χ2n) is 4.43. The molecule has 2 unspecified atom stereocenters. The standard InChI is InChI=1S/C13H19N3S2/c1-5-11-6-14-13(18-11)10(4)16-9(3)12-8(2)15-7-17-12/h6-7,9-10,16H,5H2,1-4H3. The molecule has 0 aromatic carbocycles. The van der Waals surface area contributed by atoms with Gasteiger partial charge in [0.25, 0.3) is 0 Å². The molecule has 3 nitrogen and oxygen atoms in total. The van der Waals surface area contributed by atoms with E-state index in [2.05, 4.69) is 43.0 Å². The molecule has 0 spiro atoms. The molecule has 0 bridgehead atoms. The lowest BCUT2D eigenvalue weighted by atomic mass is 10.2. The number of rotatable bonds is 5. The molecular weight excluding hydrogens is 262 g/mol. The maximum absolute atomic E-state index is 4.49. The number of hydrogen-bond acceptors (Lipinski definition) is 5. The predicted octanol–water partition coefficient (Wildman–Crippen LogP) is 3.88. The third-order valence-electron chi connectivity index (χ3n) is 2.97. The van der Waals surface area contributed by atoms with Crippen molar-refractivity contribution in [3.8, 4) is 0 Å². The van der Waals surface area contributed by atoms with Gasteiger partial charge in [-0.3, -0.25) is 0 Å². The van der Waals surface area contributed by atoms with Crippen molar-refractivity contribution in [3.63, 3.8) is 0 Å². The number of nitrogens with zero attached hydrogens (tertiary/aromatic N) is 2. The Labute approximate surface area is 116 Å². The normalized spacial score (nSPS) is 14.7. The van der Waals surface area contributed by atoms with E-state index in [1.54, 1.807) is 22.7 Å². The van der Waals surface area contributed by atoms with Gasteiger partial charge in [-0.2, -0.15) is 0 Å². The number of aryl methyl sites for hydroxylation is 2. The molecular formula is C13H19N3S2. The summed E-state index contributed by atoms with van der Waals surface area (Å²) >= 11 is 3.51. The molecule has 0 fully saturated rings. The highest BCUT2D eigenvalue weighted by molar-refractivity contribution is 7.11. The molecule has 2 aromatic rings. The minimum absolute atomic E-state index is 0.284. The van der Waals surface area contributed by atoms with Crippen LogP contribution in [-0.2, 0) is 6.42 Å². The van der Waals surface area contributed by atoms with Crippen molar-refractivity contribution >= 4 is 22.7 Å². The number of hydrogen-bond donors (Lipinski definition) is 1. The van der Waals surface area contributed by atoms with Crippen molar-refractivity contribution in [2.24, 2.45) is 0 Å². The Morgan fingerprint density at radius 3 is 2.61 bits per heavy atom. The van der Waals surface area contributed by atoms with Gasteiger partial charge in [0.1, 0.15) is 5.01 Å². The largest absolute Gasteiger partial charge is 0.301 e. The van der Waals surface area contributed by atoms with Gasteiger partial charge < -0.3 is 5.32 Å². The van der Waals surface area contributed by atoms with Crippen LogP contribution in [0.5, 0.6) is 0 Å². The van der Waals surface area contributed by atoms with Crippen molar-refractivity contribution < 1.29 is 0 Å². The fraction of sp³-hybridized carbons (Fsp3) is 0.538. The summed E-state index contributed by atoms with van der Waals surface area (Å²) < 4.78 is 0. The Hall–Kier alpha value is -0.780. The molecule has 1 N–H and O–H groups in total. The van der Waals surface area contributed by atoms with Gasteiger partial charge in [-0.1, -0.05) is 6.92 Å². The maximum Gasteiger partial charge on any atom is 0.109 e. The summed E-state index contributed by atoms with van der Waals surface area (Å²) in [4.78, 5) is 11.4. The van der Waals surface area contributed by atoms with Crippen LogP contribution in [0.15, 0.2) is 11.7 Å². The SMILES string of the molecule is CCc1cnc(C(C)NC(C)c2scnc2C)s1. The Kier molecular flexibility index (Phi) is 4.48. The van der Waals surface area contributed by atoms with Crippen LogP contribution in [0.4, 0.5) is 0 Å². The van der Waals surface area contributed by atoms with Crippen LogP contribution >= 0.6 is 22.7 Å². The van der Waals surface area contributed by atoms with Crippen LogP contribution in [0.3, 0.4) is 0 Å². The van der Waals surface area contributed by atoms with Gasteiger partial charge >= 0.3 is 0 Å². The van der Waals surface area contributed by atoms with Crippen LogP contribution in [0.25, 0.3) is 0 Å². The first-order valence-corrected chi connectivity index (χ1v) is 7.92. The molecule has 0 saturated heterocycles. The van der Waals surface area contributed by atoms with E-state index in [0.717, 1.165) is 12.1 Å². The Morgan fingerprint density at radius 2 is 2.06 bits per heavy atom. The average molecular weight is 281 g/mol. The van der Waals surface area contributed by atoms with E-state index < -0.39 is 0 Å². The van der Waals surface area contributed by atoms with Crippen molar-refractivity contribution in [1.29, 1.82) is 0 Å². The quantitative estimate of drug-likeness (QED) is 0.903. The first-order chi connectivity index (χ1) is 8.61. The maximum atomic E-state index is 4.49. The van der Waals surface area contributed by atoms with E-state index in [0.29, 0.717) is 6.04 Å². The summed E-state index contributed by atoms with van der Waals surface area (Å²) in [7, 11) is 0. The summed E-state index contributed by atoms with van der Waals surface area (Å²) in [6, 6.07) is 0.605. The summed E-state index contributed by atoms with van der Waals surface area (Å²) in [6.07, 6.45) is 3.05. The van der Waals surface area contributed by atoms with E-state index in [9.17, 15) is 0 Å². The second-order valence-corrected chi connectivity index (χ2v) is 6.46. The topological polar surface area (TPSA) is 37.8 Å². The smallest absolute Gasteiger partial charge is 0.109 e. The predicted molar refractivity (Wildman–Crippen MR) is 78.3 cm³/mol. The molecule has 98 valence electrons. The highest BCUT2D eigenvalue weighted by atomic mass is 32.1. The zero-order valence-corrected chi connectivity index (χ0v) is 12.9. The van der Waals surface area contributed by atoms with Gasteiger partial charge in [0.05, 0.1) is 17.2 Å². The lowest BCUT2D eigenvalue weighted by Crippen LogP contribution is -2.22. The molecule has 18 heavy (non-hydrogen) atoms. The summed E-state index contributed by atoms with van der Waals surface area (Å²) in [6.45, 7) is 8.59. The first kappa shape index (κ1) is 13.6. The molecule has 2 aromatic heterocycles. The van der Waals surface area contributed by atoms with Crippen molar-refractivity contribution in [1.82, 2.24) is 15.3 Å². The van der Waals surface area contributed by atoms with E-state index in [1.807, 2.05) is 11.7 Å². The molecule has 2 heterocycles. The van der Waals surface area contributed by atoms with Crippen LogP contribution in [-0.4, -0.2) is 9.97 Å². The molecule has 0 amide bonds. The minimum Gasteiger partial charge on any atom is -0.301 e. The summed E-state index contributed by atoms with van der Waals surface area (Å²) in [5.41, 5.74) is 3.03. The molecule has 0 aliphatic rings. The van der Waals surface area contributed by atoms with Gasteiger partial charge in [-0.25, -0.2) is 9.97 Å². The minimum atomic E-state index is 0.284. The van der Waals surface area contributed by atoms with Crippen molar-refractivity contribution in [2.45, 2.75) is 46.2 Å². The Balaban J connectivity index is 2.03. The Bertz CT molecular complexity index is 504. The third kappa shape index (κ3) is 2.96. The van der Waals surface area contributed by atoms with Crippen LogP contribution in [0.2, 0.25) is 0 Å². The summed E-state index contributed by atoms with van der Waals surface area (Å²) in [5, 5.41) is 4.76. The van der Waals surface area contributed by atoms with Crippen LogP contribution in [0.1, 0.15) is 53.3 Å². The zero-order valence-electron chi connectivity index (χ0n) is 11.2. The molecule has 0 aliphatic heterocycles. The highest BCUT2D eigenvalue weighted by Gasteiger charge is 2.16. The van der Waals surface area contributed by atoms with Crippen LogP contribution in [0, 0.1) is 6.92 Å². The number of nitrogens with one attached hydrogen (secondary N) is 1. The monoisotopic (exact) mass is 281 g/mol. The van der Waals surface area contributed by atoms with Gasteiger partial charge in [-0.15, -0.1) is 22.7 Å².